The molecule has 0 aliphatic heterocycles. The maximum absolute atomic E-state index is 10.5. The van der Waals surface area contributed by atoms with Crippen molar-refractivity contribution in [1.29, 1.82) is 0 Å². The van der Waals surface area contributed by atoms with Gasteiger partial charge in [-0.25, -0.2) is 0 Å². The summed E-state index contributed by atoms with van der Waals surface area (Å²) in [7, 11) is 0. The molecule has 0 atom stereocenters. The fraction of sp³-hybridized carbons (Fsp3) is 0.500. The van der Waals surface area contributed by atoms with Crippen molar-refractivity contribution in [2.75, 3.05) is 6.54 Å². The van der Waals surface area contributed by atoms with Crippen LogP contribution in [0.4, 0.5) is 0 Å². The van der Waals surface area contributed by atoms with Gasteiger partial charge >= 0.3 is 11.9 Å². The summed E-state index contributed by atoms with van der Waals surface area (Å²) in [5.74, 6) is -2.02. The molecule has 0 saturated heterocycles. The summed E-state index contributed by atoms with van der Waals surface area (Å²) in [6.07, 6.45) is -0.383. The number of carbonyl (C=O) groups excluding carboxylic acids is 3. The van der Waals surface area contributed by atoms with Gasteiger partial charge < -0.3 is 10.5 Å². The Morgan fingerprint density at radius 3 is 2.18 bits per heavy atom. The Kier molecular flexibility index (Phi) is 4.05. The van der Waals surface area contributed by atoms with E-state index in [0.29, 0.717) is 0 Å². The minimum atomic E-state index is -0.854. The Labute approximate surface area is 63.5 Å². The van der Waals surface area contributed by atoms with E-state index in [2.05, 4.69) is 4.74 Å². The van der Waals surface area contributed by atoms with E-state index in [0.717, 1.165) is 0 Å². The van der Waals surface area contributed by atoms with Crippen molar-refractivity contribution in [3.8, 4) is 0 Å². The van der Waals surface area contributed by atoms with Gasteiger partial charge in [0, 0.05) is 0 Å². The number of ketones is 1. The van der Waals surface area contributed by atoms with Crippen LogP contribution < -0.4 is 5.73 Å². The normalized spacial score (nSPS) is 8.91. The van der Waals surface area contributed by atoms with Gasteiger partial charge in [-0.3, -0.25) is 14.4 Å². The van der Waals surface area contributed by atoms with E-state index >= 15 is 0 Å². The Morgan fingerprint density at radius 1 is 1.27 bits per heavy atom. The molecule has 0 unspecified atom stereocenters. The molecule has 2 N–H and O–H groups in total. The van der Waals surface area contributed by atoms with Crippen LogP contribution in [0.3, 0.4) is 0 Å². The molecule has 11 heavy (non-hydrogen) atoms. The van der Waals surface area contributed by atoms with Gasteiger partial charge in [-0.2, -0.15) is 0 Å². The van der Waals surface area contributed by atoms with E-state index < -0.39 is 11.9 Å². The van der Waals surface area contributed by atoms with Crippen LogP contribution in [0.15, 0.2) is 0 Å². The zero-order valence-corrected chi connectivity index (χ0v) is 6.12. The first kappa shape index (κ1) is 9.77. The molecule has 0 rings (SSSR count). The van der Waals surface area contributed by atoms with Crippen LogP contribution >= 0.6 is 0 Å². The van der Waals surface area contributed by atoms with Crippen molar-refractivity contribution < 1.29 is 19.1 Å². The van der Waals surface area contributed by atoms with Crippen LogP contribution in [-0.4, -0.2) is 24.3 Å². The van der Waals surface area contributed by atoms with Crippen LogP contribution in [-0.2, 0) is 19.1 Å². The van der Waals surface area contributed by atoms with E-state index in [1.54, 1.807) is 0 Å². The average molecular weight is 159 g/mol. The molecule has 0 heterocycles. The van der Waals surface area contributed by atoms with E-state index in [-0.39, 0.29) is 18.7 Å². The van der Waals surface area contributed by atoms with Gasteiger partial charge in [0.2, 0.25) is 0 Å². The first-order valence-electron chi connectivity index (χ1n) is 2.99. The minimum absolute atomic E-state index is 0.347. The molecule has 0 fully saturated rings. The number of ether oxygens (including phenoxy) is 1. The van der Waals surface area contributed by atoms with E-state index in [9.17, 15) is 14.4 Å². The van der Waals surface area contributed by atoms with E-state index in [1.807, 2.05) is 0 Å². The van der Waals surface area contributed by atoms with Crippen LogP contribution in [0.25, 0.3) is 0 Å². The summed E-state index contributed by atoms with van der Waals surface area (Å²) in [5.41, 5.74) is 4.84. The molecule has 0 spiro atoms. The van der Waals surface area contributed by atoms with Gasteiger partial charge in [0.15, 0.2) is 0 Å². The molecule has 0 aliphatic carbocycles. The lowest BCUT2D eigenvalue weighted by molar-refractivity contribution is -0.158. The summed E-state index contributed by atoms with van der Waals surface area (Å²) < 4.78 is 4.09. The van der Waals surface area contributed by atoms with Crippen LogP contribution in [0.5, 0.6) is 0 Å². The molecule has 0 saturated carbocycles. The van der Waals surface area contributed by atoms with Gasteiger partial charge in [-0.05, 0) is 6.92 Å². The van der Waals surface area contributed by atoms with Gasteiger partial charge in [-0.15, -0.1) is 0 Å². The maximum Gasteiger partial charge on any atom is 0.327 e. The number of esters is 2. The predicted molar refractivity (Wildman–Crippen MR) is 35.5 cm³/mol. The molecular weight excluding hydrogens is 150 g/mol. The molecular formula is C6H9NO4. The van der Waals surface area contributed by atoms with Crippen molar-refractivity contribution in [3.05, 3.63) is 0 Å². The third-order valence-corrected chi connectivity index (χ3v) is 0.788. The molecule has 5 heteroatoms. The first-order chi connectivity index (χ1) is 5.06. The topological polar surface area (TPSA) is 86.5 Å². The average Bonchev–Trinajstić information content (AvgIpc) is 1.85. The van der Waals surface area contributed by atoms with Gasteiger partial charge in [0.05, 0.1) is 6.54 Å². The van der Waals surface area contributed by atoms with Crippen molar-refractivity contribution in [2.45, 2.75) is 13.3 Å². The number of rotatable bonds is 3. The molecule has 0 aromatic rings. The second-order valence-electron chi connectivity index (χ2n) is 1.93. The Bertz CT molecular complexity index is 187. The summed E-state index contributed by atoms with van der Waals surface area (Å²) in [6, 6.07) is 0. The highest BCUT2D eigenvalue weighted by atomic mass is 16.6. The number of nitrogens with two attached hydrogens (primary N) is 1. The fourth-order valence-electron chi connectivity index (χ4n) is 0.408. The molecule has 0 radical (unpaired) electrons. The first-order valence-corrected chi connectivity index (χ1v) is 2.99. The predicted octanol–water partition coefficient (Wildman–Crippen LogP) is -1.01. The lowest BCUT2D eigenvalue weighted by Crippen LogP contribution is -2.21. The van der Waals surface area contributed by atoms with Gasteiger partial charge in [-0.1, -0.05) is 0 Å². The maximum atomic E-state index is 10.5. The monoisotopic (exact) mass is 159 g/mol. The van der Waals surface area contributed by atoms with Crippen molar-refractivity contribution >= 4 is 17.7 Å². The molecule has 0 aromatic carbocycles. The lowest BCUT2D eigenvalue weighted by Gasteiger charge is -1.97. The molecule has 0 bridgehead atoms. The lowest BCUT2D eigenvalue weighted by atomic mass is 10.3. The highest BCUT2D eigenvalue weighted by molar-refractivity contribution is 5.98. The molecule has 0 aromatic heterocycles. The molecule has 62 valence electrons. The Hall–Kier alpha value is -1.23. The second kappa shape index (κ2) is 4.56. The Balaban J connectivity index is 3.70. The molecule has 0 amide bonds. The van der Waals surface area contributed by atoms with Gasteiger partial charge in [0.1, 0.15) is 12.2 Å². The third-order valence-electron chi connectivity index (χ3n) is 0.788. The highest BCUT2D eigenvalue weighted by Gasteiger charge is 2.10. The third kappa shape index (κ3) is 5.23. The Morgan fingerprint density at radius 2 is 1.82 bits per heavy atom. The van der Waals surface area contributed by atoms with Crippen molar-refractivity contribution in [1.82, 2.24) is 0 Å². The summed E-state index contributed by atoms with van der Waals surface area (Å²) in [4.78, 5) is 31.1. The summed E-state index contributed by atoms with van der Waals surface area (Å²) >= 11 is 0. The summed E-state index contributed by atoms with van der Waals surface area (Å²) in [6.45, 7) is 0.873. The fourth-order valence-corrected chi connectivity index (χ4v) is 0.408. The zero-order valence-electron chi connectivity index (χ0n) is 6.12. The van der Waals surface area contributed by atoms with Crippen molar-refractivity contribution in [2.24, 2.45) is 5.73 Å². The second-order valence-corrected chi connectivity index (χ2v) is 1.93. The highest BCUT2D eigenvalue weighted by Crippen LogP contribution is 1.87. The van der Waals surface area contributed by atoms with Crippen LogP contribution in [0, 0.1) is 0 Å². The van der Waals surface area contributed by atoms with Gasteiger partial charge in [0.25, 0.3) is 0 Å². The molecule has 0 aliphatic rings. The SMILES string of the molecule is CC(=O)CC(=O)OC(=O)CN. The number of hydrogen-bond acceptors (Lipinski definition) is 5. The number of hydrogen-bond donors (Lipinski definition) is 1. The van der Waals surface area contributed by atoms with E-state index in [4.69, 9.17) is 5.73 Å². The smallest absolute Gasteiger partial charge is 0.327 e. The van der Waals surface area contributed by atoms with Crippen molar-refractivity contribution in [3.63, 3.8) is 0 Å². The number of carbonyl (C=O) groups is 3. The zero-order chi connectivity index (χ0) is 8.85. The standard InChI is InChI=1S/C6H9NO4/c1-4(8)2-5(9)11-6(10)3-7/h2-3,7H2,1H3. The quantitative estimate of drug-likeness (QED) is 0.421. The molecule has 5 nitrogen and oxygen atoms in total. The summed E-state index contributed by atoms with van der Waals surface area (Å²) in [5, 5.41) is 0. The van der Waals surface area contributed by atoms with E-state index in [1.165, 1.54) is 6.92 Å². The van der Waals surface area contributed by atoms with Crippen LogP contribution in [0.1, 0.15) is 13.3 Å². The largest absolute Gasteiger partial charge is 0.392 e. The minimum Gasteiger partial charge on any atom is -0.392 e. The van der Waals surface area contributed by atoms with Crippen LogP contribution in [0.2, 0.25) is 0 Å². The number of Topliss-reactive ketones (excluding diaryl/α,β-unsaturated/α-hetero) is 1.